The number of carbonyl (C=O) groups excluding carboxylic acids is 1. The van der Waals surface area contributed by atoms with Gasteiger partial charge in [-0.3, -0.25) is 4.79 Å². The Bertz CT molecular complexity index is 851. The first-order valence-electron chi connectivity index (χ1n) is 7.00. The minimum Gasteiger partial charge on any atom is -0.495 e. The molecule has 24 heavy (non-hydrogen) atoms. The monoisotopic (exact) mass is 366 g/mol. The zero-order valence-corrected chi connectivity index (χ0v) is 14.9. The number of thioether (sulfide) groups is 1. The Kier molecular flexibility index (Phi) is 5.87. The van der Waals surface area contributed by atoms with Gasteiger partial charge in [0.05, 0.1) is 12.9 Å². The lowest BCUT2D eigenvalue weighted by molar-refractivity contribution is -0.113. The highest BCUT2D eigenvalue weighted by atomic mass is 32.2. The van der Waals surface area contributed by atoms with Crippen LogP contribution in [0.25, 0.3) is 0 Å². The van der Waals surface area contributed by atoms with Crippen LogP contribution in [0.4, 0.5) is 5.69 Å². The molecule has 0 spiro atoms. The van der Waals surface area contributed by atoms with Crippen molar-refractivity contribution >= 4 is 33.4 Å². The number of nitrogens with two attached hydrogens (primary N) is 1. The van der Waals surface area contributed by atoms with Gasteiger partial charge in [-0.15, -0.1) is 11.8 Å². The van der Waals surface area contributed by atoms with Gasteiger partial charge in [0.15, 0.2) is 0 Å². The van der Waals surface area contributed by atoms with Crippen molar-refractivity contribution in [1.82, 2.24) is 0 Å². The molecule has 0 saturated heterocycles. The number of sulfonamides is 1. The Labute approximate surface area is 145 Å². The van der Waals surface area contributed by atoms with Crippen LogP contribution in [0.3, 0.4) is 0 Å². The van der Waals surface area contributed by atoms with Crippen molar-refractivity contribution < 1.29 is 17.9 Å². The second-order valence-corrected chi connectivity index (χ2v) is 7.56. The molecule has 0 heterocycles. The SMILES string of the molecule is COc1ccc(NC(=O)CSc2ccccc2C)cc1S(N)(=O)=O. The van der Waals surface area contributed by atoms with Crippen LogP contribution in [-0.2, 0) is 14.8 Å². The van der Waals surface area contributed by atoms with Gasteiger partial charge < -0.3 is 10.1 Å². The van der Waals surface area contributed by atoms with E-state index < -0.39 is 10.0 Å². The van der Waals surface area contributed by atoms with Gasteiger partial charge in [0, 0.05) is 10.6 Å². The van der Waals surface area contributed by atoms with Crippen LogP contribution in [-0.4, -0.2) is 27.2 Å². The summed E-state index contributed by atoms with van der Waals surface area (Å²) in [5, 5.41) is 7.82. The molecule has 6 nitrogen and oxygen atoms in total. The number of amides is 1. The van der Waals surface area contributed by atoms with Crippen molar-refractivity contribution in [2.24, 2.45) is 5.14 Å². The van der Waals surface area contributed by atoms with Crippen LogP contribution in [0, 0.1) is 6.92 Å². The number of benzene rings is 2. The summed E-state index contributed by atoms with van der Waals surface area (Å²) in [6, 6.07) is 12.1. The Morgan fingerprint density at radius 3 is 2.58 bits per heavy atom. The lowest BCUT2D eigenvalue weighted by Gasteiger charge is -2.10. The molecule has 0 unspecified atom stereocenters. The van der Waals surface area contributed by atoms with E-state index in [0.29, 0.717) is 5.69 Å². The van der Waals surface area contributed by atoms with Crippen molar-refractivity contribution in [2.75, 3.05) is 18.2 Å². The summed E-state index contributed by atoms with van der Waals surface area (Å²) < 4.78 is 28.1. The van der Waals surface area contributed by atoms with E-state index in [0.717, 1.165) is 10.5 Å². The van der Waals surface area contributed by atoms with Gasteiger partial charge in [0.1, 0.15) is 10.6 Å². The molecule has 128 valence electrons. The molecule has 0 aromatic heterocycles. The quantitative estimate of drug-likeness (QED) is 0.765. The van der Waals surface area contributed by atoms with Crippen LogP contribution >= 0.6 is 11.8 Å². The molecule has 0 bridgehead atoms. The highest BCUT2D eigenvalue weighted by molar-refractivity contribution is 8.00. The molecule has 0 aliphatic heterocycles. The maximum absolute atomic E-state index is 12.1. The fraction of sp³-hybridized carbons (Fsp3) is 0.188. The first-order valence-corrected chi connectivity index (χ1v) is 9.53. The number of ether oxygens (including phenoxy) is 1. The van der Waals surface area contributed by atoms with Crippen molar-refractivity contribution in [3.05, 3.63) is 48.0 Å². The third-order valence-electron chi connectivity index (χ3n) is 3.21. The van der Waals surface area contributed by atoms with Gasteiger partial charge in [-0.1, -0.05) is 18.2 Å². The van der Waals surface area contributed by atoms with Gasteiger partial charge in [0.25, 0.3) is 0 Å². The maximum Gasteiger partial charge on any atom is 0.241 e. The van der Waals surface area contributed by atoms with Gasteiger partial charge >= 0.3 is 0 Å². The lowest BCUT2D eigenvalue weighted by Crippen LogP contribution is -2.16. The van der Waals surface area contributed by atoms with E-state index in [1.807, 2.05) is 31.2 Å². The summed E-state index contributed by atoms with van der Waals surface area (Å²) in [5.41, 5.74) is 1.44. The number of hydrogen-bond donors (Lipinski definition) is 2. The minimum atomic E-state index is -3.95. The third-order valence-corrected chi connectivity index (χ3v) is 5.31. The molecule has 0 aliphatic rings. The van der Waals surface area contributed by atoms with E-state index in [2.05, 4.69) is 5.32 Å². The average molecular weight is 366 g/mol. The highest BCUT2D eigenvalue weighted by Crippen LogP contribution is 2.26. The van der Waals surface area contributed by atoms with E-state index in [9.17, 15) is 13.2 Å². The summed E-state index contributed by atoms with van der Waals surface area (Å²) in [6.07, 6.45) is 0. The molecule has 1 amide bonds. The highest BCUT2D eigenvalue weighted by Gasteiger charge is 2.16. The number of methoxy groups -OCH3 is 1. The van der Waals surface area contributed by atoms with Crippen LogP contribution in [0.15, 0.2) is 52.3 Å². The number of anilines is 1. The molecule has 0 fully saturated rings. The largest absolute Gasteiger partial charge is 0.495 e. The topological polar surface area (TPSA) is 98.5 Å². The summed E-state index contributed by atoms with van der Waals surface area (Å²) >= 11 is 1.41. The maximum atomic E-state index is 12.1. The molecule has 8 heteroatoms. The number of nitrogens with one attached hydrogen (secondary N) is 1. The average Bonchev–Trinajstić information content (AvgIpc) is 2.53. The summed E-state index contributed by atoms with van der Waals surface area (Å²) in [7, 11) is -2.60. The van der Waals surface area contributed by atoms with Crippen molar-refractivity contribution in [3.63, 3.8) is 0 Å². The molecular formula is C16H18N2O4S2. The van der Waals surface area contributed by atoms with E-state index in [4.69, 9.17) is 9.88 Å². The Hall–Kier alpha value is -2.03. The van der Waals surface area contributed by atoms with Crippen LogP contribution in [0.1, 0.15) is 5.56 Å². The van der Waals surface area contributed by atoms with Gasteiger partial charge in [0.2, 0.25) is 15.9 Å². The predicted octanol–water partition coefficient (Wildman–Crippen LogP) is 2.38. The smallest absolute Gasteiger partial charge is 0.241 e. The fourth-order valence-corrected chi connectivity index (χ4v) is 3.59. The summed E-state index contributed by atoms with van der Waals surface area (Å²) in [5.74, 6) is 0.0975. The first-order chi connectivity index (χ1) is 11.3. The predicted molar refractivity (Wildman–Crippen MR) is 94.9 cm³/mol. The zero-order chi connectivity index (χ0) is 17.7. The lowest BCUT2D eigenvalue weighted by atomic mass is 10.2. The number of rotatable bonds is 6. The Morgan fingerprint density at radius 2 is 1.96 bits per heavy atom. The van der Waals surface area contributed by atoms with Gasteiger partial charge in [-0.05, 0) is 36.8 Å². The summed E-state index contributed by atoms with van der Waals surface area (Å²) in [4.78, 5) is 12.9. The molecule has 2 aromatic carbocycles. The van der Waals surface area contributed by atoms with Crippen molar-refractivity contribution in [2.45, 2.75) is 16.7 Å². The third kappa shape index (κ3) is 4.73. The number of primary sulfonamides is 1. The Morgan fingerprint density at radius 1 is 1.25 bits per heavy atom. The molecule has 0 radical (unpaired) electrons. The molecule has 2 aromatic rings. The fourth-order valence-electron chi connectivity index (χ4n) is 2.04. The van der Waals surface area contributed by atoms with Gasteiger partial charge in [-0.25, -0.2) is 13.6 Å². The number of carbonyl (C=O) groups is 1. The zero-order valence-electron chi connectivity index (χ0n) is 13.3. The van der Waals surface area contributed by atoms with E-state index >= 15 is 0 Å². The molecule has 2 rings (SSSR count). The summed E-state index contributed by atoms with van der Waals surface area (Å²) in [6.45, 7) is 1.97. The second kappa shape index (κ2) is 7.69. The molecule has 3 N–H and O–H groups in total. The minimum absolute atomic E-state index is 0.129. The molecule has 0 saturated carbocycles. The van der Waals surface area contributed by atoms with Gasteiger partial charge in [-0.2, -0.15) is 0 Å². The van der Waals surface area contributed by atoms with E-state index in [1.165, 1.54) is 31.0 Å². The number of hydrogen-bond acceptors (Lipinski definition) is 5. The second-order valence-electron chi connectivity index (χ2n) is 5.01. The van der Waals surface area contributed by atoms with E-state index in [-0.39, 0.29) is 22.3 Å². The molecule has 0 aliphatic carbocycles. The standard InChI is InChI=1S/C16H18N2O4S2/c1-11-5-3-4-6-14(11)23-10-16(19)18-12-7-8-13(22-2)15(9-12)24(17,20)21/h3-9H,10H2,1-2H3,(H,18,19)(H2,17,20,21). The van der Waals surface area contributed by atoms with Crippen LogP contribution in [0.5, 0.6) is 5.75 Å². The van der Waals surface area contributed by atoms with Crippen LogP contribution < -0.4 is 15.2 Å². The van der Waals surface area contributed by atoms with Crippen LogP contribution in [0.2, 0.25) is 0 Å². The van der Waals surface area contributed by atoms with Crippen molar-refractivity contribution in [3.8, 4) is 5.75 Å². The molecule has 0 atom stereocenters. The molecular weight excluding hydrogens is 348 g/mol. The Balaban J connectivity index is 2.08. The normalized spacial score (nSPS) is 11.1. The van der Waals surface area contributed by atoms with Crippen molar-refractivity contribution in [1.29, 1.82) is 0 Å². The van der Waals surface area contributed by atoms with E-state index in [1.54, 1.807) is 6.07 Å². The first kappa shape index (κ1) is 18.3. The number of aryl methyl sites for hydroxylation is 1.